The third-order valence-corrected chi connectivity index (χ3v) is 2.92. The molecule has 0 bridgehead atoms. The van der Waals surface area contributed by atoms with Crippen molar-refractivity contribution in [3.05, 3.63) is 30.1 Å². The number of benzene rings is 1. The number of halogens is 1. The van der Waals surface area contributed by atoms with E-state index in [2.05, 4.69) is 10.2 Å². The number of hydrogen-bond donors (Lipinski definition) is 2. The van der Waals surface area contributed by atoms with E-state index in [4.69, 9.17) is 5.73 Å². The molecular weight excluding hydrogens is 245 g/mol. The van der Waals surface area contributed by atoms with Gasteiger partial charge < -0.3 is 16.0 Å². The smallest absolute Gasteiger partial charge is 0.219 e. The van der Waals surface area contributed by atoms with Crippen molar-refractivity contribution in [3.8, 4) is 0 Å². The number of carbonyl (C=O) groups is 1. The van der Waals surface area contributed by atoms with Crippen LogP contribution in [0, 0.1) is 5.82 Å². The van der Waals surface area contributed by atoms with Crippen molar-refractivity contribution < 1.29 is 9.18 Å². The van der Waals surface area contributed by atoms with Gasteiger partial charge in [-0.1, -0.05) is 6.07 Å². The number of anilines is 1. The number of nitrogens with two attached hydrogens (primary N) is 1. The van der Waals surface area contributed by atoms with Gasteiger partial charge in [-0.3, -0.25) is 4.79 Å². The Balaban J connectivity index is 2.58. The van der Waals surface area contributed by atoms with Crippen LogP contribution in [0.25, 0.3) is 0 Å². The summed E-state index contributed by atoms with van der Waals surface area (Å²) in [6, 6.07) is 6.50. The summed E-state index contributed by atoms with van der Waals surface area (Å²) in [6.07, 6.45) is 2.06. The van der Waals surface area contributed by atoms with Crippen molar-refractivity contribution in [2.45, 2.75) is 19.3 Å². The standard InChI is InChI=1S/C14H22FN3O/c1-17-14(19)7-3-9-18(10-4-8-16)13-6-2-5-12(15)11-13/h2,5-6,11H,3-4,7-10,16H2,1H3,(H,17,19). The van der Waals surface area contributed by atoms with Gasteiger partial charge in [0, 0.05) is 32.2 Å². The average Bonchev–Trinajstić information content (AvgIpc) is 2.42. The van der Waals surface area contributed by atoms with Gasteiger partial charge in [0.1, 0.15) is 5.82 Å². The highest BCUT2D eigenvalue weighted by Gasteiger charge is 2.08. The first-order valence-corrected chi connectivity index (χ1v) is 6.58. The molecule has 1 amide bonds. The van der Waals surface area contributed by atoms with E-state index >= 15 is 0 Å². The molecule has 106 valence electrons. The van der Waals surface area contributed by atoms with Gasteiger partial charge in [-0.25, -0.2) is 4.39 Å². The minimum Gasteiger partial charge on any atom is -0.371 e. The Morgan fingerprint density at radius 1 is 1.37 bits per heavy atom. The molecule has 0 saturated heterocycles. The molecule has 0 spiro atoms. The third kappa shape index (κ3) is 5.70. The summed E-state index contributed by atoms with van der Waals surface area (Å²) in [6.45, 7) is 2.09. The van der Waals surface area contributed by atoms with Gasteiger partial charge in [0.05, 0.1) is 0 Å². The quantitative estimate of drug-likeness (QED) is 0.750. The molecular formula is C14H22FN3O. The van der Waals surface area contributed by atoms with E-state index in [0.717, 1.165) is 31.6 Å². The molecule has 1 aromatic carbocycles. The van der Waals surface area contributed by atoms with E-state index in [9.17, 15) is 9.18 Å². The number of carbonyl (C=O) groups excluding carboxylic acids is 1. The number of amides is 1. The monoisotopic (exact) mass is 267 g/mol. The van der Waals surface area contributed by atoms with E-state index in [1.165, 1.54) is 12.1 Å². The first-order chi connectivity index (χ1) is 9.17. The highest BCUT2D eigenvalue weighted by molar-refractivity contribution is 5.75. The maximum Gasteiger partial charge on any atom is 0.219 e. The number of nitrogens with zero attached hydrogens (tertiary/aromatic N) is 1. The van der Waals surface area contributed by atoms with Gasteiger partial charge in [0.2, 0.25) is 5.91 Å². The summed E-state index contributed by atoms with van der Waals surface area (Å²) >= 11 is 0. The van der Waals surface area contributed by atoms with Crippen molar-refractivity contribution in [2.24, 2.45) is 5.73 Å². The topological polar surface area (TPSA) is 58.4 Å². The van der Waals surface area contributed by atoms with Crippen LogP contribution in [-0.4, -0.2) is 32.6 Å². The number of rotatable bonds is 8. The van der Waals surface area contributed by atoms with Gasteiger partial charge in [0.25, 0.3) is 0 Å². The maximum atomic E-state index is 13.2. The molecule has 0 atom stereocenters. The second kappa shape index (κ2) is 8.48. The lowest BCUT2D eigenvalue weighted by molar-refractivity contribution is -0.120. The highest BCUT2D eigenvalue weighted by atomic mass is 19.1. The first-order valence-electron chi connectivity index (χ1n) is 6.58. The van der Waals surface area contributed by atoms with Gasteiger partial charge in [-0.05, 0) is 37.6 Å². The third-order valence-electron chi connectivity index (χ3n) is 2.92. The molecule has 3 N–H and O–H groups in total. The predicted octanol–water partition coefficient (Wildman–Crippen LogP) is 1.51. The van der Waals surface area contributed by atoms with Gasteiger partial charge in [-0.15, -0.1) is 0 Å². The van der Waals surface area contributed by atoms with Crippen LogP contribution >= 0.6 is 0 Å². The molecule has 4 nitrogen and oxygen atoms in total. The molecule has 0 fully saturated rings. The van der Waals surface area contributed by atoms with E-state index in [-0.39, 0.29) is 11.7 Å². The molecule has 0 aromatic heterocycles. The predicted molar refractivity (Wildman–Crippen MR) is 75.6 cm³/mol. The Morgan fingerprint density at radius 3 is 2.74 bits per heavy atom. The van der Waals surface area contributed by atoms with Crippen LogP contribution in [0.1, 0.15) is 19.3 Å². The van der Waals surface area contributed by atoms with E-state index in [1.807, 2.05) is 6.07 Å². The number of nitrogens with one attached hydrogen (secondary N) is 1. The van der Waals surface area contributed by atoms with Crippen LogP contribution in [-0.2, 0) is 4.79 Å². The second-order valence-electron chi connectivity index (χ2n) is 4.39. The fourth-order valence-electron chi connectivity index (χ4n) is 1.88. The molecule has 1 rings (SSSR count). The summed E-state index contributed by atoms with van der Waals surface area (Å²) in [4.78, 5) is 13.3. The van der Waals surface area contributed by atoms with Crippen LogP contribution < -0.4 is 16.0 Å². The summed E-state index contributed by atoms with van der Waals surface area (Å²) in [5, 5.41) is 2.59. The summed E-state index contributed by atoms with van der Waals surface area (Å²) in [7, 11) is 1.63. The molecule has 0 aliphatic heterocycles. The van der Waals surface area contributed by atoms with Gasteiger partial charge in [0.15, 0.2) is 0 Å². The molecule has 0 aliphatic carbocycles. The van der Waals surface area contributed by atoms with E-state index in [1.54, 1.807) is 13.1 Å². The molecule has 5 heteroatoms. The lowest BCUT2D eigenvalue weighted by Crippen LogP contribution is -2.28. The molecule has 19 heavy (non-hydrogen) atoms. The van der Waals surface area contributed by atoms with E-state index in [0.29, 0.717) is 13.0 Å². The van der Waals surface area contributed by atoms with Crippen molar-refractivity contribution in [1.29, 1.82) is 0 Å². The fourth-order valence-corrected chi connectivity index (χ4v) is 1.88. The molecule has 0 heterocycles. The van der Waals surface area contributed by atoms with Crippen LogP contribution in [0.5, 0.6) is 0 Å². The maximum absolute atomic E-state index is 13.2. The minimum absolute atomic E-state index is 0.0259. The molecule has 0 saturated carbocycles. The Morgan fingerprint density at radius 2 is 2.11 bits per heavy atom. The Kier molecular flexibility index (Phi) is 6.89. The lowest BCUT2D eigenvalue weighted by Gasteiger charge is -2.24. The zero-order valence-corrected chi connectivity index (χ0v) is 11.4. The minimum atomic E-state index is -0.249. The molecule has 0 radical (unpaired) electrons. The van der Waals surface area contributed by atoms with Crippen molar-refractivity contribution in [1.82, 2.24) is 5.32 Å². The fraction of sp³-hybridized carbons (Fsp3) is 0.500. The Hall–Kier alpha value is -1.62. The SMILES string of the molecule is CNC(=O)CCCN(CCCN)c1cccc(F)c1. The Labute approximate surface area is 113 Å². The van der Waals surface area contributed by atoms with Crippen LogP contribution in [0.4, 0.5) is 10.1 Å². The van der Waals surface area contributed by atoms with E-state index < -0.39 is 0 Å². The largest absolute Gasteiger partial charge is 0.371 e. The average molecular weight is 267 g/mol. The van der Waals surface area contributed by atoms with Crippen LogP contribution in [0.15, 0.2) is 24.3 Å². The normalized spacial score (nSPS) is 10.3. The zero-order chi connectivity index (χ0) is 14.1. The zero-order valence-electron chi connectivity index (χ0n) is 11.4. The van der Waals surface area contributed by atoms with Crippen molar-refractivity contribution >= 4 is 11.6 Å². The lowest BCUT2D eigenvalue weighted by atomic mass is 10.2. The number of hydrogen-bond acceptors (Lipinski definition) is 3. The van der Waals surface area contributed by atoms with Gasteiger partial charge >= 0.3 is 0 Å². The highest BCUT2D eigenvalue weighted by Crippen LogP contribution is 2.16. The molecule has 1 aromatic rings. The first kappa shape index (κ1) is 15.4. The van der Waals surface area contributed by atoms with Gasteiger partial charge in [-0.2, -0.15) is 0 Å². The summed E-state index contributed by atoms with van der Waals surface area (Å²) in [5.74, 6) is -0.223. The van der Waals surface area contributed by atoms with Crippen LogP contribution in [0.3, 0.4) is 0 Å². The van der Waals surface area contributed by atoms with Crippen LogP contribution in [0.2, 0.25) is 0 Å². The summed E-state index contributed by atoms with van der Waals surface area (Å²) < 4.78 is 13.2. The molecule has 0 unspecified atom stereocenters. The molecule has 0 aliphatic rings. The summed E-state index contributed by atoms with van der Waals surface area (Å²) in [5.41, 5.74) is 6.36. The second-order valence-corrected chi connectivity index (χ2v) is 4.39. The Bertz CT molecular complexity index is 398. The van der Waals surface area contributed by atoms with Crippen molar-refractivity contribution in [2.75, 3.05) is 31.6 Å². The van der Waals surface area contributed by atoms with Crippen molar-refractivity contribution in [3.63, 3.8) is 0 Å².